The van der Waals surface area contributed by atoms with Gasteiger partial charge in [0.15, 0.2) is 5.54 Å². The average Bonchev–Trinajstić information content (AvgIpc) is 3.26. The van der Waals surface area contributed by atoms with Crippen LogP contribution in [0.2, 0.25) is 0 Å². The number of esters is 1. The first-order valence-electron chi connectivity index (χ1n) is 9.94. The molecule has 32 heavy (non-hydrogen) atoms. The van der Waals surface area contributed by atoms with E-state index in [2.05, 4.69) is 26.2 Å². The van der Waals surface area contributed by atoms with Crippen molar-refractivity contribution in [3.8, 4) is 0 Å². The highest BCUT2D eigenvalue weighted by Crippen LogP contribution is 2.37. The minimum atomic E-state index is -1.65. The highest BCUT2D eigenvalue weighted by molar-refractivity contribution is 9.10. The van der Waals surface area contributed by atoms with E-state index in [1.807, 2.05) is 60.7 Å². The molecule has 4 aromatic rings. The van der Waals surface area contributed by atoms with Crippen molar-refractivity contribution in [2.75, 3.05) is 7.11 Å². The average molecular weight is 493 g/mol. The van der Waals surface area contributed by atoms with Gasteiger partial charge in [-0.05, 0) is 29.3 Å². The van der Waals surface area contributed by atoms with Crippen LogP contribution in [0.1, 0.15) is 16.7 Å². The lowest BCUT2D eigenvalue weighted by Crippen LogP contribution is -2.53. The Labute approximate surface area is 193 Å². The summed E-state index contributed by atoms with van der Waals surface area (Å²) in [6.45, 7) is 0.0562. The van der Waals surface area contributed by atoms with Gasteiger partial charge in [-0.2, -0.15) is 0 Å². The highest BCUT2D eigenvalue weighted by atomic mass is 79.9. The number of rotatable bonds is 6. The maximum atomic E-state index is 13.8. The molecule has 0 aliphatic rings. The molecule has 4 rings (SSSR count). The normalized spacial score (nSPS) is 12.7. The summed E-state index contributed by atoms with van der Waals surface area (Å²) in [5.41, 5.74) is 1.09. The molecular formula is C25H21BrN2O4. The van der Waals surface area contributed by atoms with Gasteiger partial charge in [0.25, 0.3) is 0 Å². The van der Waals surface area contributed by atoms with Crippen molar-refractivity contribution in [2.45, 2.75) is 12.1 Å². The molecule has 0 saturated carbocycles. The monoisotopic (exact) mass is 492 g/mol. The van der Waals surface area contributed by atoms with Crippen molar-refractivity contribution in [3.05, 3.63) is 106 Å². The molecule has 7 heteroatoms. The Hall–Kier alpha value is -3.58. The number of carbonyl (C=O) groups is 2. The Morgan fingerprint density at radius 2 is 1.75 bits per heavy atom. The number of halogens is 1. The van der Waals surface area contributed by atoms with Crippen molar-refractivity contribution in [1.29, 1.82) is 0 Å². The van der Waals surface area contributed by atoms with Gasteiger partial charge in [-0.1, -0.05) is 76.6 Å². The minimum absolute atomic E-state index is 0.0562. The van der Waals surface area contributed by atoms with Gasteiger partial charge in [-0.25, -0.2) is 9.59 Å². The largest absolute Gasteiger partial charge is 0.459 e. The quantitative estimate of drug-likeness (QED) is 0.359. The molecule has 1 amide bonds. The fourth-order valence-electron chi connectivity index (χ4n) is 3.71. The fraction of sp³-hybridized carbons (Fsp3) is 0.120. The second kappa shape index (κ2) is 9.28. The van der Waals surface area contributed by atoms with Crippen LogP contribution in [-0.2, 0) is 26.4 Å². The number of hydrogen-bond acceptors (Lipinski definition) is 4. The smallest absolute Gasteiger partial charge is 0.408 e. The van der Waals surface area contributed by atoms with E-state index >= 15 is 0 Å². The minimum Gasteiger partial charge on any atom is -0.459 e. The summed E-state index contributed by atoms with van der Waals surface area (Å²) in [6.07, 6.45) is 0.956. The highest BCUT2D eigenvalue weighted by Gasteiger charge is 2.47. The maximum absolute atomic E-state index is 13.8. The Bertz CT molecular complexity index is 1260. The molecule has 2 N–H and O–H groups in total. The third kappa shape index (κ3) is 4.11. The van der Waals surface area contributed by atoms with Crippen molar-refractivity contribution in [3.63, 3.8) is 0 Å². The second-order valence-corrected chi connectivity index (χ2v) is 8.10. The number of ether oxygens (including phenoxy) is 2. The third-order valence-corrected chi connectivity index (χ3v) is 5.74. The first-order chi connectivity index (χ1) is 15.5. The molecule has 0 aliphatic carbocycles. The lowest BCUT2D eigenvalue weighted by molar-refractivity contribution is -0.151. The molecule has 6 nitrogen and oxygen atoms in total. The van der Waals surface area contributed by atoms with Gasteiger partial charge in [0.2, 0.25) is 0 Å². The van der Waals surface area contributed by atoms with Crippen LogP contribution in [0.15, 0.2) is 89.5 Å². The van der Waals surface area contributed by atoms with E-state index in [9.17, 15) is 9.59 Å². The van der Waals surface area contributed by atoms with Crippen LogP contribution < -0.4 is 5.32 Å². The van der Waals surface area contributed by atoms with E-state index in [0.29, 0.717) is 11.1 Å². The lowest BCUT2D eigenvalue weighted by atomic mass is 9.82. The van der Waals surface area contributed by atoms with E-state index in [-0.39, 0.29) is 6.61 Å². The van der Waals surface area contributed by atoms with Gasteiger partial charge in [0.1, 0.15) is 6.61 Å². The van der Waals surface area contributed by atoms with Crippen LogP contribution in [0.3, 0.4) is 0 Å². The van der Waals surface area contributed by atoms with Crippen molar-refractivity contribution < 1.29 is 19.1 Å². The van der Waals surface area contributed by atoms with Crippen molar-refractivity contribution in [1.82, 2.24) is 10.3 Å². The van der Waals surface area contributed by atoms with Gasteiger partial charge in [-0.3, -0.25) is 5.32 Å². The fourth-order valence-corrected chi connectivity index (χ4v) is 4.11. The molecule has 1 atom stereocenters. The second-order valence-electron chi connectivity index (χ2n) is 7.19. The molecule has 0 aliphatic heterocycles. The van der Waals surface area contributed by atoms with E-state index in [1.165, 1.54) is 7.11 Å². The molecule has 0 unspecified atom stereocenters. The zero-order valence-corrected chi connectivity index (χ0v) is 18.9. The Morgan fingerprint density at radius 1 is 1.00 bits per heavy atom. The summed E-state index contributed by atoms with van der Waals surface area (Å²) in [6, 6.07) is 24.1. The molecule has 162 valence electrons. The Kier molecular flexibility index (Phi) is 6.28. The van der Waals surface area contributed by atoms with Crippen LogP contribution >= 0.6 is 15.9 Å². The third-order valence-electron chi connectivity index (χ3n) is 5.24. The van der Waals surface area contributed by atoms with Crippen molar-refractivity contribution >= 4 is 38.9 Å². The summed E-state index contributed by atoms with van der Waals surface area (Å²) >= 11 is 3.47. The topological polar surface area (TPSA) is 80.4 Å². The molecule has 0 fully saturated rings. The number of para-hydroxylation sites is 1. The summed E-state index contributed by atoms with van der Waals surface area (Å²) in [5.74, 6) is -0.630. The summed E-state index contributed by atoms with van der Waals surface area (Å²) in [7, 11) is 1.26. The van der Waals surface area contributed by atoms with E-state index in [1.54, 1.807) is 24.4 Å². The predicted molar refractivity (Wildman–Crippen MR) is 125 cm³/mol. The number of H-pyrrole nitrogens is 1. The summed E-state index contributed by atoms with van der Waals surface area (Å²) in [5, 5.41) is 3.56. The van der Waals surface area contributed by atoms with Crippen LogP contribution in [0, 0.1) is 0 Å². The first-order valence-corrected chi connectivity index (χ1v) is 10.7. The van der Waals surface area contributed by atoms with Gasteiger partial charge in [-0.15, -0.1) is 0 Å². The van der Waals surface area contributed by atoms with Gasteiger partial charge < -0.3 is 14.5 Å². The maximum Gasteiger partial charge on any atom is 0.408 e. The van der Waals surface area contributed by atoms with Gasteiger partial charge in [0.05, 0.1) is 7.11 Å². The molecule has 0 spiro atoms. The van der Waals surface area contributed by atoms with Gasteiger partial charge in [0, 0.05) is 27.1 Å². The number of alkyl carbamates (subject to hydrolysis) is 1. The SMILES string of the molecule is COC(=O)N[C@@](C(=O)OCc1ccccc1)(c1cccc(Br)c1)c1c[nH]c2ccccc12. The zero-order chi connectivity index (χ0) is 22.6. The Balaban J connectivity index is 1.90. The molecule has 1 heterocycles. The first kappa shape index (κ1) is 21.6. The van der Waals surface area contributed by atoms with E-state index in [0.717, 1.165) is 20.9 Å². The van der Waals surface area contributed by atoms with Crippen LogP contribution in [-0.4, -0.2) is 24.2 Å². The van der Waals surface area contributed by atoms with Crippen LogP contribution in [0.5, 0.6) is 0 Å². The summed E-state index contributed by atoms with van der Waals surface area (Å²) in [4.78, 5) is 29.5. The molecular weight excluding hydrogens is 472 g/mol. The Morgan fingerprint density at radius 3 is 2.50 bits per heavy atom. The number of benzene rings is 3. The van der Waals surface area contributed by atoms with Crippen molar-refractivity contribution in [2.24, 2.45) is 0 Å². The zero-order valence-electron chi connectivity index (χ0n) is 17.3. The number of amides is 1. The van der Waals surface area contributed by atoms with E-state index in [4.69, 9.17) is 9.47 Å². The molecule has 0 bridgehead atoms. The summed E-state index contributed by atoms with van der Waals surface area (Å²) < 4.78 is 11.4. The number of carbonyl (C=O) groups excluding carboxylic acids is 2. The van der Waals surface area contributed by atoms with E-state index < -0.39 is 17.6 Å². The molecule has 0 radical (unpaired) electrons. The molecule has 0 saturated heterocycles. The number of aromatic nitrogens is 1. The number of fused-ring (bicyclic) bond motifs is 1. The number of hydrogen-bond donors (Lipinski definition) is 2. The number of nitrogens with one attached hydrogen (secondary N) is 2. The van der Waals surface area contributed by atoms with Gasteiger partial charge >= 0.3 is 12.1 Å². The predicted octanol–water partition coefficient (Wildman–Crippen LogP) is 5.27. The number of methoxy groups -OCH3 is 1. The van der Waals surface area contributed by atoms with Crippen LogP contribution in [0.4, 0.5) is 4.79 Å². The molecule has 3 aromatic carbocycles. The van der Waals surface area contributed by atoms with Crippen LogP contribution in [0.25, 0.3) is 10.9 Å². The lowest BCUT2D eigenvalue weighted by Gasteiger charge is -2.32. The standard InChI is InChI=1S/C25H21BrN2O4/c1-31-24(30)28-25(18-10-7-11-19(26)14-18,21-15-27-22-13-6-5-12-20(21)22)23(29)32-16-17-8-3-2-4-9-17/h2-15,27H,16H2,1H3,(H,28,30)/t25-/m0/s1. The number of aromatic amines is 1. The molecule has 1 aromatic heterocycles.